The van der Waals surface area contributed by atoms with Crippen molar-refractivity contribution < 1.29 is 9.53 Å². The van der Waals surface area contributed by atoms with Gasteiger partial charge in [-0.05, 0) is 44.4 Å². The van der Waals surface area contributed by atoms with Gasteiger partial charge in [0.05, 0.1) is 0 Å². The van der Waals surface area contributed by atoms with E-state index >= 15 is 0 Å². The van der Waals surface area contributed by atoms with E-state index in [1.54, 1.807) is 17.3 Å². The van der Waals surface area contributed by atoms with Crippen LogP contribution < -0.4 is 0 Å². The second kappa shape index (κ2) is 4.70. The molecule has 21 heavy (non-hydrogen) atoms. The third kappa shape index (κ3) is 2.88. The Kier molecular flexibility index (Phi) is 3.20. The summed E-state index contributed by atoms with van der Waals surface area (Å²) in [5.74, 6) is 0. The first kappa shape index (κ1) is 14.3. The number of hydrogen-bond acceptors (Lipinski definition) is 4. The minimum atomic E-state index is -0.443. The molecular formula is C15H18ClN3O2. The molecule has 0 radical (unpaired) electrons. The Morgan fingerprint density at radius 3 is 2.43 bits per heavy atom. The molecule has 0 bridgehead atoms. The molecular weight excluding hydrogens is 290 g/mol. The van der Waals surface area contributed by atoms with Crippen LogP contribution in [-0.2, 0) is 4.74 Å². The molecule has 0 unspecified atom stereocenters. The summed E-state index contributed by atoms with van der Waals surface area (Å²) in [4.78, 5) is 21.6. The molecule has 1 saturated heterocycles. The Hall–Kier alpha value is -1.62. The van der Waals surface area contributed by atoms with Crippen LogP contribution in [0.3, 0.4) is 0 Å². The van der Waals surface area contributed by atoms with Gasteiger partial charge in [0.2, 0.25) is 5.28 Å². The number of likely N-dealkylation sites (tertiary alicyclic amines) is 1. The van der Waals surface area contributed by atoms with Crippen LogP contribution in [0.2, 0.25) is 5.28 Å². The Morgan fingerprint density at radius 1 is 1.33 bits per heavy atom. The molecule has 1 spiro atoms. The molecule has 0 N–H and O–H groups in total. The standard InChI is InChI=1S/C15H18ClN3O2/c1-14(2,3)21-13(20)19-8-15(9-19)4-10(5-15)11-6-17-12(16)18-7-11/h4,6-7H,5,8-9H2,1-3H3. The zero-order valence-corrected chi connectivity index (χ0v) is 13.1. The van der Waals surface area contributed by atoms with Crippen LogP contribution in [0, 0.1) is 5.41 Å². The lowest BCUT2D eigenvalue weighted by atomic mass is 9.64. The molecule has 3 rings (SSSR count). The molecule has 1 fully saturated rings. The second-order valence-electron chi connectivity index (χ2n) is 6.79. The largest absolute Gasteiger partial charge is 0.444 e. The number of amides is 1. The average Bonchev–Trinajstić information content (AvgIpc) is 2.25. The number of carbonyl (C=O) groups is 1. The summed E-state index contributed by atoms with van der Waals surface area (Å²) in [6.45, 7) is 7.08. The first-order valence-electron chi connectivity index (χ1n) is 6.94. The zero-order valence-electron chi connectivity index (χ0n) is 12.4. The molecule has 0 atom stereocenters. The van der Waals surface area contributed by atoms with Crippen LogP contribution in [0.4, 0.5) is 4.79 Å². The molecule has 6 heteroatoms. The average molecular weight is 308 g/mol. The Morgan fingerprint density at radius 2 is 1.90 bits per heavy atom. The fourth-order valence-electron chi connectivity index (χ4n) is 2.76. The monoisotopic (exact) mass is 307 g/mol. The van der Waals surface area contributed by atoms with Gasteiger partial charge in [-0.1, -0.05) is 6.08 Å². The lowest BCUT2D eigenvalue weighted by molar-refractivity contribution is -0.0207. The molecule has 112 valence electrons. The summed E-state index contributed by atoms with van der Waals surface area (Å²) >= 11 is 5.68. The smallest absolute Gasteiger partial charge is 0.410 e. The molecule has 1 aromatic heterocycles. The van der Waals surface area contributed by atoms with Gasteiger partial charge in [0, 0.05) is 36.5 Å². The van der Waals surface area contributed by atoms with E-state index in [2.05, 4.69) is 16.0 Å². The van der Waals surface area contributed by atoms with Gasteiger partial charge >= 0.3 is 6.09 Å². The highest BCUT2D eigenvalue weighted by atomic mass is 35.5. The summed E-state index contributed by atoms with van der Waals surface area (Å²) in [6, 6.07) is 0. The van der Waals surface area contributed by atoms with Gasteiger partial charge in [0.15, 0.2) is 0 Å². The molecule has 1 aromatic rings. The minimum Gasteiger partial charge on any atom is -0.444 e. The summed E-state index contributed by atoms with van der Waals surface area (Å²) in [5, 5.41) is 0.258. The topological polar surface area (TPSA) is 55.3 Å². The first-order chi connectivity index (χ1) is 9.76. The number of nitrogens with zero attached hydrogens (tertiary/aromatic N) is 3. The van der Waals surface area contributed by atoms with Gasteiger partial charge in [-0.2, -0.15) is 0 Å². The number of rotatable bonds is 1. The van der Waals surface area contributed by atoms with Gasteiger partial charge in [0.25, 0.3) is 0 Å². The van der Waals surface area contributed by atoms with E-state index in [1.165, 1.54) is 5.57 Å². The molecule has 0 saturated carbocycles. The Balaban J connectivity index is 1.58. The van der Waals surface area contributed by atoms with Gasteiger partial charge < -0.3 is 9.64 Å². The van der Waals surface area contributed by atoms with Crippen molar-refractivity contribution in [2.24, 2.45) is 5.41 Å². The highest BCUT2D eigenvalue weighted by molar-refractivity contribution is 6.28. The van der Waals surface area contributed by atoms with E-state index < -0.39 is 5.60 Å². The SMILES string of the molecule is CC(C)(C)OC(=O)N1CC2(C=C(c3cnc(Cl)nc3)C2)C1. The zero-order chi connectivity index (χ0) is 15.3. The van der Waals surface area contributed by atoms with Crippen molar-refractivity contribution in [3.05, 3.63) is 29.3 Å². The quantitative estimate of drug-likeness (QED) is 0.748. The van der Waals surface area contributed by atoms with E-state index in [-0.39, 0.29) is 16.8 Å². The predicted octanol–water partition coefficient (Wildman–Crippen LogP) is 3.15. The number of ether oxygens (including phenoxy) is 1. The van der Waals surface area contributed by atoms with Crippen molar-refractivity contribution in [3.8, 4) is 0 Å². The maximum absolute atomic E-state index is 11.9. The van der Waals surface area contributed by atoms with E-state index in [1.807, 2.05) is 20.8 Å². The van der Waals surface area contributed by atoms with Crippen LogP contribution in [0.25, 0.3) is 5.57 Å². The third-order valence-electron chi connectivity index (χ3n) is 3.68. The van der Waals surface area contributed by atoms with Crippen molar-refractivity contribution >= 4 is 23.3 Å². The van der Waals surface area contributed by atoms with Crippen molar-refractivity contribution in [2.75, 3.05) is 13.1 Å². The van der Waals surface area contributed by atoms with Gasteiger partial charge in [-0.3, -0.25) is 0 Å². The van der Waals surface area contributed by atoms with Gasteiger partial charge in [0.1, 0.15) is 5.60 Å². The third-order valence-corrected chi connectivity index (χ3v) is 3.87. The highest BCUT2D eigenvalue weighted by Crippen LogP contribution is 2.50. The van der Waals surface area contributed by atoms with Crippen LogP contribution in [-0.4, -0.2) is 39.7 Å². The van der Waals surface area contributed by atoms with Crippen molar-refractivity contribution in [3.63, 3.8) is 0 Å². The summed E-state index contributed by atoms with van der Waals surface area (Å²) in [6.07, 6.45) is 6.39. The molecule has 1 aliphatic carbocycles. The van der Waals surface area contributed by atoms with E-state index in [0.717, 1.165) is 25.1 Å². The fourth-order valence-corrected chi connectivity index (χ4v) is 2.85. The second-order valence-corrected chi connectivity index (χ2v) is 7.12. The number of allylic oxidation sites excluding steroid dienone is 1. The number of halogens is 1. The van der Waals surface area contributed by atoms with Crippen LogP contribution >= 0.6 is 11.6 Å². The summed E-state index contributed by atoms with van der Waals surface area (Å²) < 4.78 is 5.36. The maximum atomic E-state index is 11.9. The fraction of sp³-hybridized carbons (Fsp3) is 0.533. The lowest BCUT2D eigenvalue weighted by Crippen LogP contribution is -2.60. The lowest BCUT2D eigenvalue weighted by Gasteiger charge is -2.53. The number of hydrogen-bond donors (Lipinski definition) is 0. The molecule has 2 heterocycles. The van der Waals surface area contributed by atoms with Crippen molar-refractivity contribution in [1.82, 2.24) is 14.9 Å². The first-order valence-corrected chi connectivity index (χ1v) is 7.32. The number of aromatic nitrogens is 2. The van der Waals surface area contributed by atoms with Gasteiger partial charge in [-0.15, -0.1) is 0 Å². The van der Waals surface area contributed by atoms with Crippen molar-refractivity contribution in [2.45, 2.75) is 32.8 Å². The molecule has 2 aliphatic rings. The van der Waals surface area contributed by atoms with Gasteiger partial charge in [-0.25, -0.2) is 14.8 Å². The molecule has 0 aromatic carbocycles. The minimum absolute atomic E-state index is 0.117. The normalized spacial score (nSPS) is 19.6. The summed E-state index contributed by atoms with van der Waals surface area (Å²) in [5.41, 5.74) is 1.89. The number of carbonyl (C=O) groups excluding carboxylic acids is 1. The molecule has 1 aliphatic heterocycles. The van der Waals surface area contributed by atoms with E-state index in [4.69, 9.17) is 16.3 Å². The van der Waals surface area contributed by atoms with Crippen LogP contribution in [0.5, 0.6) is 0 Å². The highest BCUT2D eigenvalue weighted by Gasteiger charge is 2.50. The predicted molar refractivity (Wildman–Crippen MR) is 79.9 cm³/mol. The molecule has 1 amide bonds. The summed E-state index contributed by atoms with van der Waals surface area (Å²) in [7, 11) is 0. The Labute approximate surface area is 129 Å². The van der Waals surface area contributed by atoms with Crippen LogP contribution in [0.1, 0.15) is 32.8 Å². The van der Waals surface area contributed by atoms with Crippen molar-refractivity contribution in [1.29, 1.82) is 0 Å². The molecule has 5 nitrogen and oxygen atoms in total. The van der Waals surface area contributed by atoms with Crippen LogP contribution in [0.15, 0.2) is 18.5 Å². The maximum Gasteiger partial charge on any atom is 0.410 e. The van der Waals surface area contributed by atoms with E-state index in [0.29, 0.717) is 0 Å². The van der Waals surface area contributed by atoms with E-state index in [9.17, 15) is 4.79 Å². The Bertz CT molecular complexity index is 598.